The fourth-order valence-corrected chi connectivity index (χ4v) is 6.04. The summed E-state index contributed by atoms with van der Waals surface area (Å²) in [7, 11) is 1.21. The summed E-state index contributed by atoms with van der Waals surface area (Å²) in [5.74, 6) is -0.603. The minimum absolute atomic E-state index is 0.186. The molecule has 2 heterocycles. The van der Waals surface area contributed by atoms with Gasteiger partial charge < -0.3 is 29.6 Å². The van der Waals surface area contributed by atoms with Gasteiger partial charge in [-0.25, -0.2) is 0 Å². The maximum atomic E-state index is 14.1. The molecular weight excluding hydrogens is 569 g/mol. The van der Waals surface area contributed by atoms with Crippen LogP contribution in [0.2, 0.25) is 6.32 Å². The standard InChI is InChI=1S/C35H50BN3O6/c1-34(2)35(3,4)45-36(44-34)25-28(18-13-23-43-5)37-32(41)30-19-12-22-39(30)33(42)29(24-27-16-10-7-11-17-27)38-31(40)21-20-26-14-8-6-9-15-26/h6-11,14-17,28-30H,12-13,18-25H2,1-5H3,(H,37,41)(H,38,40)/t28?,29-,30+/m1/s1. The second-order valence-corrected chi connectivity index (χ2v) is 13.2. The molecule has 2 fully saturated rings. The summed E-state index contributed by atoms with van der Waals surface area (Å²) in [6.07, 6.45) is 4.45. The van der Waals surface area contributed by atoms with E-state index in [1.165, 1.54) is 0 Å². The molecule has 1 unspecified atom stereocenters. The molecule has 2 N–H and O–H groups in total. The van der Waals surface area contributed by atoms with E-state index in [0.717, 1.165) is 24.0 Å². The summed E-state index contributed by atoms with van der Waals surface area (Å²) in [5.41, 5.74) is 1.08. The molecule has 10 heteroatoms. The first kappa shape index (κ1) is 34.7. The molecule has 2 aromatic carbocycles. The Morgan fingerprint density at radius 1 is 0.956 bits per heavy atom. The van der Waals surface area contributed by atoms with Crippen LogP contribution in [0.4, 0.5) is 0 Å². The van der Waals surface area contributed by atoms with Gasteiger partial charge in [-0.1, -0.05) is 60.7 Å². The summed E-state index contributed by atoms with van der Waals surface area (Å²) in [5, 5.41) is 6.22. The van der Waals surface area contributed by atoms with Crippen molar-refractivity contribution in [2.24, 2.45) is 0 Å². The van der Waals surface area contributed by atoms with Crippen molar-refractivity contribution in [3.8, 4) is 0 Å². The normalized spacial score (nSPS) is 20.1. The average Bonchev–Trinajstić information content (AvgIpc) is 3.57. The van der Waals surface area contributed by atoms with E-state index in [0.29, 0.717) is 45.2 Å². The van der Waals surface area contributed by atoms with Gasteiger partial charge in [0.2, 0.25) is 17.7 Å². The first-order valence-corrected chi connectivity index (χ1v) is 16.3. The third-order valence-corrected chi connectivity index (χ3v) is 9.26. The van der Waals surface area contributed by atoms with E-state index in [4.69, 9.17) is 14.0 Å². The number of hydrogen-bond donors (Lipinski definition) is 2. The number of ether oxygens (including phenoxy) is 1. The Kier molecular flexibility index (Phi) is 12.2. The molecule has 0 radical (unpaired) electrons. The monoisotopic (exact) mass is 619 g/mol. The number of methoxy groups -OCH3 is 1. The molecule has 3 amide bonds. The number of nitrogens with zero attached hydrogens (tertiary/aromatic N) is 1. The smallest absolute Gasteiger partial charge is 0.403 e. The van der Waals surface area contributed by atoms with Crippen molar-refractivity contribution in [2.75, 3.05) is 20.3 Å². The number of carbonyl (C=O) groups excluding carboxylic acids is 3. The molecule has 0 spiro atoms. The average molecular weight is 620 g/mol. The molecule has 2 aromatic rings. The van der Waals surface area contributed by atoms with Crippen molar-refractivity contribution in [3.63, 3.8) is 0 Å². The molecule has 45 heavy (non-hydrogen) atoms. The van der Waals surface area contributed by atoms with E-state index in [1.54, 1.807) is 12.0 Å². The highest BCUT2D eigenvalue weighted by atomic mass is 16.7. The number of carbonyl (C=O) groups is 3. The Morgan fingerprint density at radius 2 is 1.58 bits per heavy atom. The van der Waals surface area contributed by atoms with Crippen LogP contribution in [0.25, 0.3) is 0 Å². The largest absolute Gasteiger partial charge is 0.459 e. The van der Waals surface area contributed by atoms with Crippen molar-refractivity contribution in [1.29, 1.82) is 0 Å². The van der Waals surface area contributed by atoms with Crippen LogP contribution < -0.4 is 10.6 Å². The van der Waals surface area contributed by atoms with Crippen molar-refractivity contribution in [2.45, 2.75) is 108 Å². The number of likely N-dealkylation sites (tertiary alicyclic amines) is 1. The molecule has 0 aromatic heterocycles. The third kappa shape index (κ3) is 9.64. The van der Waals surface area contributed by atoms with E-state index >= 15 is 0 Å². The highest BCUT2D eigenvalue weighted by Gasteiger charge is 2.51. The molecular formula is C35H50BN3O6. The van der Waals surface area contributed by atoms with Crippen LogP contribution in [0.3, 0.4) is 0 Å². The van der Waals surface area contributed by atoms with Gasteiger partial charge in [-0.2, -0.15) is 0 Å². The van der Waals surface area contributed by atoms with Crippen LogP contribution >= 0.6 is 0 Å². The second-order valence-electron chi connectivity index (χ2n) is 13.2. The van der Waals surface area contributed by atoms with Gasteiger partial charge in [-0.05, 0) is 70.9 Å². The van der Waals surface area contributed by atoms with Crippen LogP contribution in [0.5, 0.6) is 0 Å². The minimum atomic E-state index is -0.772. The topological polar surface area (TPSA) is 106 Å². The van der Waals surface area contributed by atoms with Crippen molar-refractivity contribution in [1.82, 2.24) is 15.5 Å². The molecule has 2 saturated heterocycles. The quantitative estimate of drug-likeness (QED) is 0.227. The number of amides is 3. The van der Waals surface area contributed by atoms with Gasteiger partial charge >= 0.3 is 7.12 Å². The van der Waals surface area contributed by atoms with E-state index in [-0.39, 0.29) is 30.2 Å². The molecule has 2 aliphatic heterocycles. The first-order chi connectivity index (χ1) is 21.5. The fourth-order valence-electron chi connectivity index (χ4n) is 6.04. The summed E-state index contributed by atoms with van der Waals surface area (Å²) in [4.78, 5) is 42.6. The van der Waals surface area contributed by atoms with Crippen molar-refractivity contribution < 1.29 is 28.4 Å². The van der Waals surface area contributed by atoms with Gasteiger partial charge in [0, 0.05) is 45.5 Å². The summed E-state index contributed by atoms with van der Waals surface area (Å²) in [6, 6.07) is 17.9. The molecule has 2 aliphatic rings. The van der Waals surface area contributed by atoms with Gasteiger partial charge in [-0.3, -0.25) is 14.4 Å². The minimum Gasteiger partial charge on any atom is -0.403 e. The van der Waals surface area contributed by atoms with Crippen LogP contribution in [0.15, 0.2) is 60.7 Å². The van der Waals surface area contributed by atoms with Crippen LogP contribution in [0, 0.1) is 0 Å². The number of hydrogen-bond acceptors (Lipinski definition) is 6. The van der Waals surface area contributed by atoms with Crippen LogP contribution in [0.1, 0.15) is 70.9 Å². The van der Waals surface area contributed by atoms with Gasteiger partial charge in [-0.15, -0.1) is 0 Å². The molecule has 0 bridgehead atoms. The molecule has 0 saturated carbocycles. The van der Waals surface area contributed by atoms with Gasteiger partial charge in [0.1, 0.15) is 12.1 Å². The zero-order valence-electron chi connectivity index (χ0n) is 27.6. The Labute approximate surface area is 268 Å². The number of benzene rings is 2. The zero-order chi connectivity index (χ0) is 32.5. The Morgan fingerprint density at radius 3 is 2.20 bits per heavy atom. The highest BCUT2D eigenvalue weighted by Crippen LogP contribution is 2.38. The molecule has 3 atom stereocenters. The third-order valence-electron chi connectivity index (χ3n) is 9.26. The Hall–Kier alpha value is -3.21. The first-order valence-electron chi connectivity index (χ1n) is 16.3. The van der Waals surface area contributed by atoms with Gasteiger partial charge in [0.05, 0.1) is 11.2 Å². The lowest BCUT2D eigenvalue weighted by molar-refractivity contribution is -0.141. The highest BCUT2D eigenvalue weighted by molar-refractivity contribution is 6.45. The van der Waals surface area contributed by atoms with Crippen LogP contribution in [-0.2, 0) is 41.3 Å². The molecule has 0 aliphatic carbocycles. The van der Waals surface area contributed by atoms with E-state index in [2.05, 4.69) is 10.6 Å². The number of aryl methyl sites for hydroxylation is 1. The van der Waals surface area contributed by atoms with E-state index < -0.39 is 30.4 Å². The van der Waals surface area contributed by atoms with E-state index in [1.807, 2.05) is 88.4 Å². The SMILES string of the molecule is COCCCC(CB1OC(C)(C)C(C)(C)O1)NC(=O)[C@@H]1CCCN1C(=O)[C@@H](Cc1ccccc1)NC(=O)CCc1ccccc1. The maximum Gasteiger partial charge on any atom is 0.459 e. The summed E-state index contributed by atoms with van der Waals surface area (Å²) < 4.78 is 17.7. The fraction of sp³-hybridized carbons (Fsp3) is 0.571. The summed E-state index contributed by atoms with van der Waals surface area (Å²) >= 11 is 0. The second kappa shape index (κ2) is 15.9. The molecule has 244 valence electrons. The molecule has 4 rings (SSSR count). The van der Waals surface area contributed by atoms with Crippen molar-refractivity contribution >= 4 is 24.8 Å². The van der Waals surface area contributed by atoms with Crippen LogP contribution in [-0.4, -0.2) is 79.3 Å². The Balaban J connectivity index is 1.43. The molecule has 9 nitrogen and oxygen atoms in total. The van der Waals surface area contributed by atoms with E-state index in [9.17, 15) is 14.4 Å². The maximum absolute atomic E-state index is 14.1. The predicted octanol–water partition coefficient (Wildman–Crippen LogP) is 4.34. The van der Waals surface area contributed by atoms with Gasteiger partial charge in [0.25, 0.3) is 0 Å². The van der Waals surface area contributed by atoms with Gasteiger partial charge in [0.15, 0.2) is 0 Å². The lowest BCUT2D eigenvalue weighted by atomic mass is 9.79. The predicted molar refractivity (Wildman–Crippen MR) is 176 cm³/mol. The number of rotatable bonds is 15. The van der Waals surface area contributed by atoms with Crippen molar-refractivity contribution in [3.05, 3.63) is 71.8 Å². The Bertz CT molecular complexity index is 1240. The number of nitrogens with one attached hydrogen (secondary N) is 2. The summed E-state index contributed by atoms with van der Waals surface area (Å²) in [6.45, 7) is 9.10. The zero-order valence-corrected chi connectivity index (χ0v) is 27.6. The lowest BCUT2D eigenvalue weighted by Crippen LogP contribution is -2.55. The lowest BCUT2D eigenvalue weighted by Gasteiger charge is -2.32.